The Balaban J connectivity index is 1.56. The highest BCUT2D eigenvalue weighted by atomic mass is 16.3. The molecule has 5 nitrogen and oxygen atoms in total. The predicted molar refractivity (Wildman–Crippen MR) is 82.7 cm³/mol. The highest BCUT2D eigenvalue weighted by Crippen LogP contribution is 2.27. The molecule has 0 spiro atoms. The van der Waals surface area contributed by atoms with E-state index < -0.39 is 0 Å². The van der Waals surface area contributed by atoms with Crippen LogP contribution in [0.4, 0.5) is 0 Å². The number of hydrogen-bond donors (Lipinski definition) is 1. The van der Waals surface area contributed by atoms with Crippen molar-refractivity contribution in [1.29, 1.82) is 0 Å². The molecule has 1 atom stereocenters. The van der Waals surface area contributed by atoms with Crippen molar-refractivity contribution < 1.29 is 9.21 Å². The van der Waals surface area contributed by atoms with E-state index in [9.17, 15) is 4.79 Å². The summed E-state index contributed by atoms with van der Waals surface area (Å²) >= 11 is 0. The number of furan rings is 1. The molecule has 22 heavy (non-hydrogen) atoms. The molecule has 1 aliphatic heterocycles. The van der Waals surface area contributed by atoms with Crippen molar-refractivity contribution in [3.63, 3.8) is 0 Å². The normalized spacial score (nSPS) is 18.7. The fraction of sp³-hybridized carbons (Fsp3) is 0.294. The second-order valence-electron chi connectivity index (χ2n) is 5.71. The molecule has 3 aromatic rings. The Morgan fingerprint density at radius 1 is 1.27 bits per heavy atom. The lowest BCUT2D eigenvalue weighted by Crippen LogP contribution is -2.39. The van der Waals surface area contributed by atoms with Crippen molar-refractivity contribution in [2.45, 2.75) is 18.8 Å². The second kappa shape index (κ2) is 5.33. The SMILES string of the molecule is O=C(c1ccco1)N1CCC[C@H](c2nc3ccccc3[nH]2)C1. The van der Waals surface area contributed by atoms with E-state index in [1.54, 1.807) is 12.1 Å². The molecule has 4 rings (SSSR count). The number of imidazole rings is 1. The van der Waals surface area contributed by atoms with Gasteiger partial charge in [-0.3, -0.25) is 4.79 Å². The van der Waals surface area contributed by atoms with Gasteiger partial charge in [0.2, 0.25) is 0 Å². The van der Waals surface area contributed by atoms with Crippen LogP contribution in [0.15, 0.2) is 47.1 Å². The minimum Gasteiger partial charge on any atom is -0.459 e. The molecule has 1 aliphatic rings. The van der Waals surface area contributed by atoms with Crippen molar-refractivity contribution in [3.8, 4) is 0 Å². The molecule has 1 amide bonds. The fourth-order valence-corrected chi connectivity index (χ4v) is 3.11. The summed E-state index contributed by atoms with van der Waals surface area (Å²) in [5.41, 5.74) is 2.03. The highest BCUT2D eigenvalue weighted by Gasteiger charge is 2.28. The van der Waals surface area contributed by atoms with Crippen molar-refractivity contribution >= 4 is 16.9 Å². The van der Waals surface area contributed by atoms with Gasteiger partial charge in [0.25, 0.3) is 5.91 Å². The number of carbonyl (C=O) groups is 1. The number of nitrogens with zero attached hydrogens (tertiary/aromatic N) is 2. The third-order valence-electron chi connectivity index (χ3n) is 4.23. The molecule has 1 fully saturated rings. The summed E-state index contributed by atoms with van der Waals surface area (Å²) in [6.45, 7) is 1.45. The van der Waals surface area contributed by atoms with Crippen LogP contribution in [0, 0.1) is 0 Å². The van der Waals surface area contributed by atoms with E-state index in [1.807, 2.05) is 29.2 Å². The van der Waals surface area contributed by atoms with E-state index in [4.69, 9.17) is 4.42 Å². The molecule has 1 N–H and O–H groups in total. The first kappa shape index (κ1) is 13.1. The van der Waals surface area contributed by atoms with Crippen LogP contribution in [0.2, 0.25) is 0 Å². The maximum absolute atomic E-state index is 12.4. The van der Waals surface area contributed by atoms with Gasteiger partial charge in [0.05, 0.1) is 17.3 Å². The summed E-state index contributed by atoms with van der Waals surface area (Å²) in [6, 6.07) is 11.5. The largest absolute Gasteiger partial charge is 0.459 e. The van der Waals surface area contributed by atoms with Crippen LogP contribution in [0.5, 0.6) is 0 Å². The molecule has 3 heterocycles. The Kier molecular flexibility index (Phi) is 3.18. The Morgan fingerprint density at radius 2 is 2.18 bits per heavy atom. The number of carbonyl (C=O) groups excluding carboxylic acids is 1. The standard InChI is InChI=1S/C17H17N3O2/c21-17(15-8-4-10-22-15)20-9-3-5-12(11-20)16-18-13-6-1-2-7-14(13)19-16/h1-2,4,6-8,10,12H,3,5,9,11H2,(H,18,19)/t12-/m0/s1. The number of piperidine rings is 1. The van der Waals surface area contributed by atoms with Crippen LogP contribution in [0.25, 0.3) is 11.0 Å². The molecule has 0 bridgehead atoms. The van der Waals surface area contributed by atoms with E-state index >= 15 is 0 Å². The van der Waals surface area contributed by atoms with Crippen LogP contribution < -0.4 is 0 Å². The zero-order valence-electron chi connectivity index (χ0n) is 12.2. The number of para-hydroxylation sites is 2. The van der Waals surface area contributed by atoms with Crippen LogP contribution in [0.3, 0.4) is 0 Å². The highest BCUT2D eigenvalue weighted by molar-refractivity contribution is 5.91. The summed E-state index contributed by atoms with van der Waals surface area (Å²) in [4.78, 5) is 22.3. The molecular formula is C17H17N3O2. The first-order chi connectivity index (χ1) is 10.8. The molecule has 2 aromatic heterocycles. The second-order valence-corrected chi connectivity index (χ2v) is 5.71. The quantitative estimate of drug-likeness (QED) is 0.790. The lowest BCUT2D eigenvalue weighted by molar-refractivity contribution is 0.0672. The van der Waals surface area contributed by atoms with Crippen LogP contribution >= 0.6 is 0 Å². The van der Waals surface area contributed by atoms with E-state index in [0.29, 0.717) is 12.3 Å². The number of fused-ring (bicyclic) bond motifs is 1. The lowest BCUT2D eigenvalue weighted by Gasteiger charge is -2.31. The first-order valence-corrected chi connectivity index (χ1v) is 7.59. The lowest BCUT2D eigenvalue weighted by atomic mass is 9.97. The number of nitrogens with one attached hydrogen (secondary N) is 1. The predicted octanol–water partition coefficient (Wildman–Crippen LogP) is 3.18. The van der Waals surface area contributed by atoms with Crippen LogP contribution in [-0.2, 0) is 0 Å². The van der Waals surface area contributed by atoms with Gasteiger partial charge in [0.15, 0.2) is 5.76 Å². The Labute approximate surface area is 127 Å². The summed E-state index contributed by atoms with van der Waals surface area (Å²) in [7, 11) is 0. The number of aromatic nitrogens is 2. The zero-order valence-corrected chi connectivity index (χ0v) is 12.2. The van der Waals surface area contributed by atoms with Gasteiger partial charge in [-0.15, -0.1) is 0 Å². The minimum absolute atomic E-state index is 0.0363. The van der Waals surface area contributed by atoms with Gasteiger partial charge in [-0.1, -0.05) is 12.1 Å². The summed E-state index contributed by atoms with van der Waals surface area (Å²) < 4.78 is 5.22. The van der Waals surface area contributed by atoms with Gasteiger partial charge in [-0.05, 0) is 37.1 Å². The fourth-order valence-electron chi connectivity index (χ4n) is 3.11. The molecule has 0 aliphatic carbocycles. The number of hydrogen-bond acceptors (Lipinski definition) is 3. The van der Waals surface area contributed by atoms with Crippen molar-refractivity contribution in [3.05, 3.63) is 54.2 Å². The monoisotopic (exact) mass is 295 g/mol. The topological polar surface area (TPSA) is 62.1 Å². The van der Waals surface area contributed by atoms with E-state index in [1.165, 1.54) is 6.26 Å². The van der Waals surface area contributed by atoms with E-state index in [2.05, 4.69) is 9.97 Å². The number of H-pyrrole nitrogens is 1. The summed E-state index contributed by atoms with van der Waals surface area (Å²) in [5.74, 6) is 1.59. The average molecular weight is 295 g/mol. The molecule has 1 saturated heterocycles. The molecule has 0 unspecified atom stereocenters. The van der Waals surface area contributed by atoms with Gasteiger partial charge < -0.3 is 14.3 Å². The third kappa shape index (κ3) is 2.28. The number of aromatic amines is 1. The number of amides is 1. The molecule has 1 aromatic carbocycles. The van der Waals surface area contributed by atoms with Crippen molar-refractivity contribution in [1.82, 2.24) is 14.9 Å². The van der Waals surface area contributed by atoms with Gasteiger partial charge in [-0.2, -0.15) is 0 Å². The Hall–Kier alpha value is -2.56. The first-order valence-electron chi connectivity index (χ1n) is 7.59. The van der Waals surface area contributed by atoms with Crippen LogP contribution in [-0.4, -0.2) is 33.9 Å². The van der Waals surface area contributed by atoms with Gasteiger partial charge in [0.1, 0.15) is 5.82 Å². The Morgan fingerprint density at radius 3 is 3.00 bits per heavy atom. The van der Waals surface area contributed by atoms with E-state index in [0.717, 1.165) is 36.2 Å². The summed E-state index contributed by atoms with van der Waals surface area (Å²) in [5, 5.41) is 0. The molecule has 112 valence electrons. The van der Waals surface area contributed by atoms with Crippen molar-refractivity contribution in [2.24, 2.45) is 0 Å². The maximum atomic E-state index is 12.4. The number of rotatable bonds is 2. The van der Waals surface area contributed by atoms with Crippen molar-refractivity contribution in [2.75, 3.05) is 13.1 Å². The molecule has 0 saturated carbocycles. The maximum Gasteiger partial charge on any atom is 0.289 e. The average Bonchev–Trinajstić information content (AvgIpc) is 3.23. The molecule has 5 heteroatoms. The third-order valence-corrected chi connectivity index (χ3v) is 4.23. The summed E-state index contributed by atoms with van der Waals surface area (Å²) in [6.07, 6.45) is 3.56. The zero-order chi connectivity index (χ0) is 14.9. The van der Waals surface area contributed by atoms with Crippen LogP contribution in [0.1, 0.15) is 35.1 Å². The molecule has 0 radical (unpaired) electrons. The van der Waals surface area contributed by atoms with E-state index in [-0.39, 0.29) is 11.8 Å². The van der Waals surface area contributed by atoms with Gasteiger partial charge in [-0.25, -0.2) is 4.98 Å². The number of benzene rings is 1. The molecular weight excluding hydrogens is 278 g/mol. The Bertz CT molecular complexity index is 758. The van der Waals surface area contributed by atoms with Gasteiger partial charge in [0, 0.05) is 19.0 Å². The minimum atomic E-state index is -0.0363. The smallest absolute Gasteiger partial charge is 0.289 e. The van der Waals surface area contributed by atoms with Gasteiger partial charge >= 0.3 is 0 Å². The number of likely N-dealkylation sites (tertiary alicyclic amines) is 1.